The zero-order chi connectivity index (χ0) is 11.4. The van der Waals surface area contributed by atoms with E-state index in [9.17, 15) is 0 Å². The van der Waals surface area contributed by atoms with Crippen molar-refractivity contribution in [2.24, 2.45) is 10.9 Å². The second-order valence-electron chi connectivity index (χ2n) is 3.19. The normalized spacial score (nSPS) is 19.1. The Labute approximate surface area is 88.1 Å². The van der Waals surface area contributed by atoms with Gasteiger partial charge in [0.15, 0.2) is 5.57 Å². The number of nitrogens with zero attached hydrogens (tertiary/aromatic N) is 4. The summed E-state index contributed by atoms with van der Waals surface area (Å²) in [5, 5.41) is 26.4. The SMILES string of the molecule is CC1=CC(C)=NC(=C(C#N)C#N)C1C#N. The summed E-state index contributed by atoms with van der Waals surface area (Å²) in [6, 6.07) is 5.56. The van der Waals surface area contributed by atoms with Crippen molar-refractivity contribution in [1.82, 2.24) is 0 Å². The first-order valence-corrected chi connectivity index (χ1v) is 4.31. The average Bonchev–Trinajstić information content (AvgIpc) is 2.19. The Morgan fingerprint density at radius 1 is 1.27 bits per heavy atom. The molecule has 0 saturated heterocycles. The Morgan fingerprint density at radius 3 is 2.33 bits per heavy atom. The van der Waals surface area contributed by atoms with Gasteiger partial charge in [0.25, 0.3) is 0 Å². The third kappa shape index (κ3) is 1.93. The standard InChI is InChI=1S/C11H8N4/c1-7-3-8(2)15-11(10(7)6-14)9(4-12)5-13/h3,10H,1-2H3. The molecule has 0 fully saturated rings. The van der Waals surface area contributed by atoms with Gasteiger partial charge in [-0.2, -0.15) is 15.8 Å². The van der Waals surface area contributed by atoms with Crippen LogP contribution >= 0.6 is 0 Å². The molecule has 0 aliphatic carbocycles. The second kappa shape index (κ2) is 4.22. The highest BCUT2D eigenvalue weighted by molar-refractivity contribution is 5.95. The van der Waals surface area contributed by atoms with Crippen molar-refractivity contribution in [3.05, 3.63) is 22.9 Å². The van der Waals surface area contributed by atoms with Gasteiger partial charge in [0.05, 0.1) is 11.8 Å². The minimum atomic E-state index is -0.581. The number of hydrogen-bond donors (Lipinski definition) is 0. The first-order chi connectivity index (χ1) is 7.13. The van der Waals surface area contributed by atoms with Crippen molar-refractivity contribution in [2.75, 3.05) is 0 Å². The Morgan fingerprint density at radius 2 is 1.87 bits per heavy atom. The van der Waals surface area contributed by atoms with Crippen LogP contribution in [0.3, 0.4) is 0 Å². The molecule has 1 aliphatic rings. The van der Waals surface area contributed by atoms with Gasteiger partial charge in [0, 0.05) is 5.71 Å². The molecule has 4 nitrogen and oxygen atoms in total. The van der Waals surface area contributed by atoms with E-state index in [1.165, 1.54) is 0 Å². The molecule has 1 atom stereocenters. The van der Waals surface area contributed by atoms with E-state index in [1.807, 2.05) is 6.07 Å². The third-order valence-corrected chi connectivity index (χ3v) is 2.07. The Bertz CT molecular complexity index is 484. The largest absolute Gasteiger partial charge is 0.254 e. The van der Waals surface area contributed by atoms with Crippen LogP contribution in [0.25, 0.3) is 0 Å². The molecule has 4 heteroatoms. The molecule has 0 aromatic rings. The van der Waals surface area contributed by atoms with Crippen molar-refractivity contribution in [3.63, 3.8) is 0 Å². The summed E-state index contributed by atoms with van der Waals surface area (Å²) in [4.78, 5) is 4.08. The predicted octanol–water partition coefficient (Wildman–Crippen LogP) is 1.85. The van der Waals surface area contributed by atoms with E-state index in [-0.39, 0.29) is 11.3 Å². The van der Waals surface area contributed by atoms with Crippen molar-refractivity contribution in [2.45, 2.75) is 13.8 Å². The Hall–Kier alpha value is -2.38. The fraction of sp³-hybridized carbons (Fsp3) is 0.273. The molecule has 15 heavy (non-hydrogen) atoms. The minimum Gasteiger partial charge on any atom is -0.254 e. The average molecular weight is 196 g/mol. The molecule has 0 saturated carbocycles. The van der Waals surface area contributed by atoms with Gasteiger partial charge in [-0.05, 0) is 25.5 Å². The highest BCUT2D eigenvalue weighted by Gasteiger charge is 2.23. The summed E-state index contributed by atoms with van der Waals surface area (Å²) in [6.45, 7) is 3.56. The van der Waals surface area contributed by atoms with Gasteiger partial charge in [-0.1, -0.05) is 0 Å². The van der Waals surface area contributed by atoms with Gasteiger partial charge < -0.3 is 0 Å². The number of hydrogen-bond acceptors (Lipinski definition) is 4. The summed E-state index contributed by atoms with van der Waals surface area (Å²) in [6.07, 6.45) is 1.78. The first-order valence-electron chi connectivity index (χ1n) is 4.31. The summed E-state index contributed by atoms with van der Waals surface area (Å²) in [7, 11) is 0. The van der Waals surface area contributed by atoms with Crippen LogP contribution in [0.5, 0.6) is 0 Å². The number of nitriles is 3. The molecule has 1 heterocycles. The van der Waals surface area contributed by atoms with Gasteiger partial charge in [-0.3, -0.25) is 4.99 Å². The number of allylic oxidation sites excluding steroid dienone is 3. The fourth-order valence-electron chi connectivity index (χ4n) is 1.42. The van der Waals surface area contributed by atoms with Crippen molar-refractivity contribution in [3.8, 4) is 18.2 Å². The maximum Gasteiger partial charge on any atom is 0.152 e. The maximum atomic E-state index is 8.94. The van der Waals surface area contributed by atoms with E-state index in [4.69, 9.17) is 15.8 Å². The van der Waals surface area contributed by atoms with Gasteiger partial charge in [-0.25, -0.2) is 0 Å². The molecule has 72 valence electrons. The van der Waals surface area contributed by atoms with Crippen molar-refractivity contribution in [1.29, 1.82) is 15.8 Å². The van der Waals surface area contributed by atoms with Crippen LogP contribution < -0.4 is 0 Å². The first kappa shape index (κ1) is 10.7. The van der Waals surface area contributed by atoms with Crippen LogP contribution in [-0.2, 0) is 0 Å². The zero-order valence-electron chi connectivity index (χ0n) is 8.44. The van der Waals surface area contributed by atoms with E-state index < -0.39 is 5.92 Å². The van der Waals surface area contributed by atoms with Crippen molar-refractivity contribution < 1.29 is 0 Å². The topological polar surface area (TPSA) is 83.7 Å². The van der Waals surface area contributed by atoms with Crippen LogP contribution in [0.2, 0.25) is 0 Å². The molecule has 1 rings (SSSR count). The van der Waals surface area contributed by atoms with E-state index in [0.29, 0.717) is 5.71 Å². The summed E-state index contributed by atoms with van der Waals surface area (Å²) >= 11 is 0. The number of rotatable bonds is 0. The van der Waals surface area contributed by atoms with Crippen LogP contribution in [-0.4, -0.2) is 5.71 Å². The molecule has 1 unspecified atom stereocenters. The van der Waals surface area contributed by atoms with Crippen molar-refractivity contribution >= 4 is 5.71 Å². The van der Waals surface area contributed by atoms with Crippen LogP contribution in [0.1, 0.15) is 13.8 Å². The molecule has 0 bridgehead atoms. The molecule has 0 N–H and O–H groups in total. The molecular weight excluding hydrogens is 188 g/mol. The Balaban J connectivity index is 3.41. The maximum absolute atomic E-state index is 8.94. The molecule has 0 aromatic heterocycles. The van der Waals surface area contributed by atoms with E-state index >= 15 is 0 Å². The third-order valence-electron chi connectivity index (χ3n) is 2.07. The van der Waals surface area contributed by atoms with E-state index in [1.54, 1.807) is 32.1 Å². The van der Waals surface area contributed by atoms with Gasteiger partial charge in [0.1, 0.15) is 18.1 Å². The predicted molar refractivity (Wildman–Crippen MR) is 54.2 cm³/mol. The van der Waals surface area contributed by atoms with E-state index in [2.05, 4.69) is 4.99 Å². The van der Waals surface area contributed by atoms with Crippen LogP contribution in [0, 0.1) is 39.9 Å². The summed E-state index contributed by atoms with van der Waals surface area (Å²) < 4.78 is 0. The molecule has 0 amide bonds. The lowest BCUT2D eigenvalue weighted by molar-refractivity contribution is 0.872. The number of aliphatic imine (C=N–C) groups is 1. The smallest absolute Gasteiger partial charge is 0.152 e. The minimum absolute atomic E-state index is 0.0895. The molecule has 1 aliphatic heterocycles. The highest BCUT2D eigenvalue weighted by atomic mass is 14.8. The monoisotopic (exact) mass is 196 g/mol. The van der Waals surface area contributed by atoms with Gasteiger partial charge >= 0.3 is 0 Å². The van der Waals surface area contributed by atoms with Gasteiger partial charge in [0.2, 0.25) is 0 Å². The molecular formula is C11H8N4. The number of dihydropyridines is 1. The van der Waals surface area contributed by atoms with Crippen LogP contribution in [0.4, 0.5) is 0 Å². The summed E-state index contributed by atoms with van der Waals surface area (Å²) in [5.41, 5.74) is 1.69. The quantitative estimate of drug-likeness (QED) is 0.554. The van der Waals surface area contributed by atoms with E-state index in [0.717, 1.165) is 5.57 Å². The second-order valence-corrected chi connectivity index (χ2v) is 3.19. The lowest BCUT2D eigenvalue weighted by atomic mass is 9.92. The van der Waals surface area contributed by atoms with Crippen LogP contribution in [0.15, 0.2) is 27.9 Å². The lowest BCUT2D eigenvalue weighted by Crippen LogP contribution is -2.11. The Kier molecular flexibility index (Phi) is 3.01. The highest BCUT2D eigenvalue weighted by Crippen LogP contribution is 2.27. The summed E-state index contributed by atoms with van der Waals surface area (Å²) in [5.74, 6) is -0.581. The molecule has 0 aromatic carbocycles. The van der Waals surface area contributed by atoms with Gasteiger partial charge in [-0.15, -0.1) is 0 Å². The molecule has 0 spiro atoms. The molecule has 0 radical (unpaired) electrons. The lowest BCUT2D eigenvalue weighted by Gasteiger charge is -2.15. The fourth-order valence-corrected chi connectivity index (χ4v) is 1.42. The zero-order valence-corrected chi connectivity index (χ0v) is 8.44.